The van der Waals surface area contributed by atoms with Crippen LogP contribution in [0.15, 0.2) is 30.3 Å². The lowest BCUT2D eigenvalue weighted by Crippen LogP contribution is -2.34. The van der Waals surface area contributed by atoms with Crippen LogP contribution in [0.25, 0.3) is 0 Å². The number of aliphatic carboxylic acids is 1. The molecule has 0 aliphatic heterocycles. The molecule has 0 fully saturated rings. The smallest absolute Gasteiger partial charge is 0.320 e. The number of hydrogen-bond acceptors (Lipinski definition) is 4. The maximum atomic E-state index is 11.9. The van der Waals surface area contributed by atoms with Crippen molar-refractivity contribution in [3.63, 3.8) is 0 Å². The maximum absolute atomic E-state index is 11.9. The summed E-state index contributed by atoms with van der Waals surface area (Å²) < 4.78 is 5.12. The molecule has 1 aromatic rings. The minimum absolute atomic E-state index is 0.00819. The van der Waals surface area contributed by atoms with Gasteiger partial charge in [0, 0.05) is 6.04 Å². The molecule has 0 aliphatic rings. The predicted molar refractivity (Wildman–Crippen MR) is 75.0 cm³/mol. The van der Waals surface area contributed by atoms with E-state index in [-0.39, 0.29) is 6.42 Å². The van der Waals surface area contributed by atoms with E-state index in [0.717, 1.165) is 5.56 Å². The third-order valence-corrected chi connectivity index (χ3v) is 2.71. The number of hydrogen-bond donors (Lipinski definition) is 2. The fourth-order valence-corrected chi connectivity index (χ4v) is 1.76. The van der Waals surface area contributed by atoms with Crippen molar-refractivity contribution in [3.05, 3.63) is 35.9 Å². The molecule has 1 unspecified atom stereocenters. The monoisotopic (exact) mass is 279 g/mol. The van der Waals surface area contributed by atoms with Crippen molar-refractivity contribution in [2.45, 2.75) is 38.8 Å². The van der Waals surface area contributed by atoms with Gasteiger partial charge in [0.05, 0.1) is 0 Å². The van der Waals surface area contributed by atoms with Gasteiger partial charge < -0.3 is 15.6 Å². The summed E-state index contributed by atoms with van der Waals surface area (Å²) in [7, 11) is 0. The molecule has 0 spiro atoms. The highest BCUT2D eigenvalue weighted by atomic mass is 16.6. The van der Waals surface area contributed by atoms with Crippen LogP contribution in [0, 0.1) is 5.92 Å². The highest BCUT2D eigenvalue weighted by Gasteiger charge is 2.32. The zero-order valence-electron chi connectivity index (χ0n) is 12.0. The molecule has 0 saturated carbocycles. The summed E-state index contributed by atoms with van der Waals surface area (Å²) in [5.74, 6) is -3.23. The quantitative estimate of drug-likeness (QED) is 0.636. The third kappa shape index (κ3) is 5.01. The van der Waals surface area contributed by atoms with Crippen LogP contribution in [0.2, 0.25) is 0 Å². The van der Waals surface area contributed by atoms with Crippen LogP contribution in [0.1, 0.15) is 38.8 Å². The van der Waals surface area contributed by atoms with Crippen LogP contribution in [0.5, 0.6) is 0 Å². The normalized spacial score (nSPS) is 14.4. The molecule has 3 N–H and O–H groups in total. The van der Waals surface area contributed by atoms with Gasteiger partial charge in [-0.1, -0.05) is 30.3 Å². The molecule has 20 heavy (non-hydrogen) atoms. The van der Waals surface area contributed by atoms with E-state index in [1.54, 1.807) is 32.9 Å². The minimum Gasteiger partial charge on any atom is -0.481 e. The molecule has 1 rings (SSSR count). The molecule has 5 heteroatoms. The van der Waals surface area contributed by atoms with Gasteiger partial charge in [-0.25, -0.2) is 0 Å². The first kappa shape index (κ1) is 16.2. The number of rotatable bonds is 5. The molecule has 0 aliphatic carbocycles. The van der Waals surface area contributed by atoms with E-state index in [1.807, 2.05) is 18.2 Å². The SMILES string of the molecule is CC(C)(C)OC(=O)[C@@H](CC(N)c1ccccc1)C(=O)O. The summed E-state index contributed by atoms with van der Waals surface area (Å²) in [6.07, 6.45) is 0.00819. The van der Waals surface area contributed by atoms with Gasteiger partial charge in [0.2, 0.25) is 0 Å². The molecule has 0 amide bonds. The van der Waals surface area contributed by atoms with Crippen LogP contribution in [0.3, 0.4) is 0 Å². The van der Waals surface area contributed by atoms with Gasteiger partial charge in [-0.05, 0) is 32.8 Å². The zero-order valence-corrected chi connectivity index (χ0v) is 12.0. The Labute approximate surface area is 118 Å². The molecule has 0 saturated heterocycles. The molecular weight excluding hydrogens is 258 g/mol. The van der Waals surface area contributed by atoms with Gasteiger partial charge in [0.15, 0.2) is 5.92 Å². The second-order valence-electron chi connectivity index (χ2n) is 5.68. The second-order valence-corrected chi connectivity index (χ2v) is 5.68. The lowest BCUT2D eigenvalue weighted by Gasteiger charge is -2.23. The first-order chi connectivity index (χ1) is 9.20. The Morgan fingerprint density at radius 2 is 1.80 bits per heavy atom. The predicted octanol–water partition coefficient (Wildman–Crippen LogP) is 2.12. The van der Waals surface area contributed by atoms with Gasteiger partial charge in [-0.15, -0.1) is 0 Å². The Hall–Kier alpha value is -1.88. The highest BCUT2D eigenvalue weighted by Crippen LogP contribution is 2.22. The molecule has 5 nitrogen and oxygen atoms in total. The lowest BCUT2D eigenvalue weighted by atomic mass is 9.95. The Morgan fingerprint density at radius 1 is 1.25 bits per heavy atom. The summed E-state index contributed by atoms with van der Waals surface area (Å²) in [5.41, 5.74) is 6.04. The van der Waals surface area contributed by atoms with Crippen LogP contribution < -0.4 is 5.73 Å². The van der Waals surface area contributed by atoms with E-state index < -0.39 is 29.5 Å². The van der Waals surface area contributed by atoms with Crippen molar-refractivity contribution < 1.29 is 19.4 Å². The number of carbonyl (C=O) groups is 2. The minimum atomic E-state index is -1.26. The number of benzene rings is 1. The van der Waals surface area contributed by atoms with E-state index in [9.17, 15) is 14.7 Å². The molecule has 0 radical (unpaired) electrons. The topological polar surface area (TPSA) is 89.6 Å². The summed E-state index contributed by atoms with van der Waals surface area (Å²) in [6.45, 7) is 5.09. The summed E-state index contributed by atoms with van der Waals surface area (Å²) in [6, 6.07) is 8.57. The molecular formula is C15H21NO4. The first-order valence-corrected chi connectivity index (χ1v) is 6.47. The maximum Gasteiger partial charge on any atom is 0.320 e. The van der Waals surface area contributed by atoms with Crippen LogP contribution in [-0.4, -0.2) is 22.6 Å². The average molecular weight is 279 g/mol. The standard InChI is InChI=1S/C15H21NO4/c1-15(2,3)20-14(19)11(13(17)18)9-12(16)10-7-5-4-6-8-10/h4-8,11-12H,9,16H2,1-3H3,(H,17,18)/t11-,12?/m0/s1. The van der Waals surface area contributed by atoms with Gasteiger partial charge in [-0.2, -0.15) is 0 Å². The number of carbonyl (C=O) groups excluding carboxylic acids is 1. The van der Waals surface area contributed by atoms with E-state index in [0.29, 0.717) is 0 Å². The molecule has 0 aromatic heterocycles. The van der Waals surface area contributed by atoms with Crippen molar-refractivity contribution in [3.8, 4) is 0 Å². The molecule has 1 aromatic carbocycles. The number of esters is 1. The lowest BCUT2D eigenvalue weighted by molar-refractivity contribution is -0.167. The van der Waals surface area contributed by atoms with Crippen molar-refractivity contribution >= 4 is 11.9 Å². The Kier molecular flexibility index (Phi) is 5.27. The molecule has 0 bridgehead atoms. The summed E-state index contributed by atoms with van der Waals surface area (Å²) in [5, 5.41) is 9.18. The fraction of sp³-hybridized carbons (Fsp3) is 0.467. The van der Waals surface area contributed by atoms with E-state index in [4.69, 9.17) is 10.5 Å². The fourth-order valence-electron chi connectivity index (χ4n) is 1.76. The van der Waals surface area contributed by atoms with Gasteiger partial charge in [0.25, 0.3) is 0 Å². The number of ether oxygens (including phenoxy) is 1. The Bertz CT molecular complexity index is 465. The van der Waals surface area contributed by atoms with Crippen molar-refractivity contribution in [2.75, 3.05) is 0 Å². The van der Waals surface area contributed by atoms with Gasteiger partial charge in [-0.3, -0.25) is 9.59 Å². The van der Waals surface area contributed by atoms with Gasteiger partial charge >= 0.3 is 11.9 Å². The van der Waals surface area contributed by atoms with Crippen molar-refractivity contribution in [2.24, 2.45) is 11.7 Å². The zero-order chi connectivity index (χ0) is 15.3. The average Bonchev–Trinajstić information content (AvgIpc) is 2.34. The number of carboxylic acids is 1. The van der Waals surface area contributed by atoms with Crippen molar-refractivity contribution in [1.29, 1.82) is 0 Å². The second kappa shape index (κ2) is 6.52. The van der Waals surface area contributed by atoms with E-state index in [2.05, 4.69) is 0 Å². The number of carboxylic acid groups (broad SMARTS) is 1. The van der Waals surface area contributed by atoms with E-state index in [1.165, 1.54) is 0 Å². The molecule has 0 heterocycles. The summed E-state index contributed by atoms with van der Waals surface area (Å²) >= 11 is 0. The van der Waals surface area contributed by atoms with Crippen LogP contribution in [0.4, 0.5) is 0 Å². The van der Waals surface area contributed by atoms with Crippen molar-refractivity contribution in [1.82, 2.24) is 0 Å². The molecule has 2 atom stereocenters. The Morgan fingerprint density at radius 3 is 2.25 bits per heavy atom. The van der Waals surface area contributed by atoms with Crippen LogP contribution in [-0.2, 0) is 14.3 Å². The summed E-state index contributed by atoms with van der Waals surface area (Å²) in [4.78, 5) is 23.1. The Balaban J connectivity index is 2.78. The van der Waals surface area contributed by atoms with Crippen LogP contribution >= 0.6 is 0 Å². The first-order valence-electron chi connectivity index (χ1n) is 6.47. The van der Waals surface area contributed by atoms with E-state index >= 15 is 0 Å². The number of nitrogens with two attached hydrogens (primary N) is 1. The highest BCUT2D eigenvalue weighted by molar-refractivity contribution is 5.94. The molecule has 110 valence electrons. The van der Waals surface area contributed by atoms with Gasteiger partial charge in [0.1, 0.15) is 5.60 Å². The third-order valence-electron chi connectivity index (χ3n) is 2.71. The largest absolute Gasteiger partial charge is 0.481 e.